The minimum absolute atomic E-state index is 0.178. The van der Waals surface area contributed by atoms with Gasteiger partial charge in [-0.15, -0.1) is 4.70 Å². The van der Waals surface area contributed by atoms with Crippen LogP contribution in [0.3, 0.4) is 0 Å². The molecule has 0 aromatic rings. The van der Waals surface area contributed by atoms with Gasteiger partial charge < -0.3 is 0 Å². The highest BCUT2D eigenvalue weighted by atomic mass is 15.4. The molecule has 4 atom stereocenters. The maximum Gasteiger partial charge on any atom is 0.186 e. The van der Waals surface area contributed by atoms with Crippen LogP contribution in [0.2, 0.25) is 0 Å². The predicted octanol–water partition coefficient (Wildman–Crippen LogP) is 3.46. The molecule has 3 rings (SSSR count). The highest BCUT2D eigenvalue weighted by Gasteiger charge is 2.65. The summed E-state index contributed by atoms with van der Waals surface area (Å²) in [5, 5.41) is 5.05. The van der Waals surface area contributed by atoms with Crippen molar-refractivity contribution in [1.82, 2.24) is 0 Å². The Morgan fingerprint density at radius 3 is 2.38 bits per heavy atom. The minimum Gasteiger partial charge on any atom is -0.119 e. The van der Waals surface area contributed by atoms with Gasteiger partial charge in [-0.3, -0.25) is 0 Å². The largest absolute Gasteiger partial charge is 0.186 e. The number of nitrogens with zero attached hydrogens (tertiary/aromatic N) is 2. The summed E-state index contributed by atoms with van der Waals surface area (Å²) in [5.41, 5.74) is 0.374. The first-order chi connectivity index (χ1) is 7.31. The lowest BCUT2D eigenvalue weighted by Crippen LogP contribution is -2.44. The second kappa shape index (κ2) is 2.88. The number of rotatable bonds is 0. The van der Waals surface area contributed by atoms with Gasteiger partial charge in [-0.25, -0.2) is 0 Å². The van der Waals surface area contributed by atoms with Crippen LogP contribution in [0, 0.1) is 17.8 Å². The monoisotopic (exact) mass is 221 g/mol. The third kappa shape index (κ3) is 1.25. The lowest BCUT2D eigenvalue weighted by Gasteiger charge is -2.28. The maximum absolute atomic E-state index is 5.05. The molecule has 0 aromatic carbocycles. The number of hydrogen-bond acceptors (Lipinski definition) is 1. The van der Waals surface area contributed by atoms with Crippen molar-refractivity contribution in [3.05, 3.63) is 0 Å². The summed E-state index contributed by atoms with van der Waals surface area (Å²) in [6.45, 7) is 11.6. The summed E-state index contributed by atoms with van der Waals surface area (Å²) < 4.78 is 2.46. The first-order valence-electron chi connectivity index (χ1n) is 6.83. The Kier molecular flexibility index (Phi) is 1.93. The zero-order valence-electron chi connectivity index (χ0n) is 11.3. The van der Waals surface area contributed by atoms with E-state index in [4.69, 9.17) is 5.11 Å². The summed E-state index contributed by atoms with van der Waals surface area (Å²) >= 11 is 0. The van der Waals surface area contributed by atoms with Gasteiger partial charge in [-0.1, -0.05) is 0 Å². The van der Waals surface area contributed by atoms with Crippen molar-refractivity contribution < 1.29 is 4.70 Å². The van der Waals surface area contributed by atoms with Crippen LogP contribution in [0.5, 0.6) is 0 Å². The van der Waals surface area contributed by atoms with Crippen molar-refractivity contribution in [3.63, 3.8) is 0 Å². The second-order valence-corrected chi connectivity index (χ2v) is 7.62. The Labute approximate surface area is 99.1 Å². The van der Waals surface area contributed by atoms with E-state index in [1.165, 1.54) is 19.3 Å². The Bertz CT molecular complexity index is 348. The van der Waals surface area contributed by atoms with Crippen molar-refractivity contribution in [2.24, 2.45) is 22.9 Å². The standard InChI is InChI=1S/C14H25N2/c1-13(2,3)16-12-10-7-6-9(8-10)11(12)14(4,5)15-16/h9-12H,6-8H2,1-5H3/q+1/t9-,10+,11+,12-/m0/s1. The van der Waals surface area contributed by atoms with Crippen molar-refractivity contribution in [3.8, 4) is 0 Å². The molecule has 2 heteroatoms. The maximum atomic E-state index is 5.05. The smallest absolute Gasteiger partial charge is 0.119 e. The molecule has 1 heterocycles. The molecular formula is C14H25N2+. The van der Waals surface area contributed by atoms with Gasteiger partial charge in [0.1, 0.15) is 5.54 Å². The third-order valence-corrected chi connectivity index (χ3v) is 5.02. The highest BCUT2D eigenvalue weighted by molar-refractivity contribution is 5.07. The van der Waals surface area contributed by atoms with E-state index in [-0.39, 0.29) is 11.1 Å². The van der Waals surface area contributed by atoms with E-state index in [1.807, 2.05) is 0 Å². The second-order valence-electron chi connectivity index (χ2n) is 7.62. The molecule has 3 aliphatic rings. The molecule has 0 N–H and O–H groups in total. The van der Waals surface area contributed by atoms with Gasteiger partial charge in [0, 0.05) is 26.7 Å². The van der Waals surface area contributed by atoms with E-state index in [2.05, 4.69) is 39.3 Å². The molecule has 2 saturated carbocycles. The molecule has 0 radical (unpaired) electrons. The molecule has 1 aliphatic heterocycles. The Morgan fingerprint density at radius 2 is 1.75 bits per heavy atom. The molecule has 2 nitrogen and oxygen atoms in total. The first-order valence-corrected chi connectivity index (χ1v) is 6.83. The van der Waals surface area contributed by atoms with Crippen LogP contribution in [0.4, 0.5) is 0 Å². The van der Waals surface area contributed by atoms with Gasteiger partial charge in [0.25, 0.3) is 0 Å². The topological polar surface area (TPSA) is 15.4 Å². The molecular weight excluding hydrogens is 196 g/mol. The van der Waals surface area contributed by atoms with Crippen LogP contribution in [0.1, 0.15) is 53.9 Å². The summed E-state index contributed by atoms with van der Waals surface area (Å²) in [6.07, 6.45) is 4.38. The molecule has 2 fully saturated rings. The number of hydrogen-bond donors (Lipinski definition) is 0. The molecule has 0 unspecified atom stereocenters. The van der Waals surface area contributed by atoms with Crippen molar-refractivity contribution in [2.75, 3.05) is 0 Å². The summed E-state index contributed by atoms with van der Waals surface area (Å²) in [7, 11) is 0. The van der Waals surface area contributed by atoms with Crippen molar-refractivity contribution in [1.29, 1.82) is 0 Å². The zero-order chi connectivity index (χ0) is 11.7. The van der Waals surface area contributed by atoms with E-state index < -0.39 is 0 Å². The fourth-order valence-corrected chi connectivity index (χ4v) is 4.62. The third-order valence-electron chi connectivity index (χ3n) is 5.02. The molecule has 0 aromatic heterocycles. The van der Waals surface area contributed by atoms with E-state index >= 15 is 0 Å². The minimum atomic E-state index is 0.178. The van der Waals surface area contributed by atoms with Gasteiger partial charge in [-0.05, 0) is 44.1 Å². The average Bonchev–Trinajstić information content (AvgIpc) is 2.74. The molecule has 2 bridgehead atoms. The van der Waals surface area contributed by atoms with E-state index in [1.54, 1.807) is 0 Å². The molecule has 16 heavy (non-hydrogen) atoms. The fraction of sp³-hybridized carbons (Fsp3) is 1.00. The predicted molar refractivity (Wildman–Crippen MR) is 64.6 cm³/mol. The van der Waals surface area contributed by atoms with Crippen LogP contribution < -0.4 is 0 Å². The normalized spacial score (nSPS) is 44.7. The lowest BCUT2D eigenvalue weighted by atomic mass is 9.74. The van der Waals surface area contributed by atoms with Crippen molar-refractivity contribution in [2.45, 2.75) is 71.0 Å². The number of azo groups is 2. The summed E-state index contributed by atoms with van der Waals surface area (Å²) in [5.74, 6) is 2.71. The fourth-order valence-electron chi connectivity index (χ4n) is 4.62. The molecule has 0 saturated heterocycles. The van der Waals surface area contributed by atoms with E-state index in [0.29, 0.717) is 0 Å². The van der Waals surface area contributed by atoms with Gasteiger partial charge in [0.05, 0.1) is 5.92 Å². The Balaban J connectivity index is 2.03. The van der Waals surface area contributed by atoms with Crippen LogP contribution in [0.25, 0.3) is 0 Å². The molecule has 90 valence electrons. The Hall–Kier alpha value is -0.400. The van der Waals surface area contributed by atoms with Crippen molar-refractivity contribution >= 4 is 0 Å². The van der Waals surface area contributed by atoms with E-state index in [0.717, 1.165) is 23.8 Å². The van der Waals surface area contributed by atoms with Crippen LogP contribution >= 0.6 is 0 Å². The molecule has 2 aliphatic carbocycles. The van der Waals surface area contributed by atoms with Crippen LogP contribution in [-0.2, 0) is 0 Å². The lowest BCUT2D eigenvalue weighted by molar-refractivity contribution is -0.683. The summed E-state index contributed by atoms with van der Waals surface area (Å²) in [6, 6.07) is 0.744. The first kappa shape index (κ1) is 10.7. The SMILES string of the molecule is CC1(C)N=[N+](C(C)(C)C)[C@H]2[C@@H]3CC[C@@H](C3)[C@H]21. The van der Waals surface area contributed by atoms with Gasteiger partial charge in [0.2, 0.25) is 0 Å². The quantitative estimate of drug-likeness (QED) is 0.557. The molecule has 0 spiro atoms. The van der Waals surface area contributed by atoms with E-state index in [9.17, 15) is 0 Å². The number of fused-ring (bicyclic) bond motifs is 5. The summed E-state index contributed by atoms with van der Waals surface area (Å²) in [4.78, 5) is 0. The van der Waals surface area contributed by atoms with Crippen LogP contribution in [0.15, 0.2) is 5.11 Å². The van der Waals surface area contributed by atoms with Gasteiger partial charge in [0.15, 0.2) is 11.6 Å². The van der Waals surface area contributed by atoms with Gasteiger partial charge in [-0.2, -0.15) is 0 Å². The van der Waals surface area contributed by atoms with Crippen LogP contribution in [-0.4, -0.2) is 21.8 Å². The Morgan fingerprint density at radius 1 is 1.12 bits per heavy atom. The average molecular weight is 221 g/mol. The zero-order valence-corrected chi connectivity index (χ0v) is 11.3. The van der Waals surface area contributed by atoms with Gasteiger partial charge >= 0.3 is 0 Å². The molecule has 0 amide bonds. The highest BCUT2D eigenvalue weighted by Crippen LogP contribution is 2.57.